The molecule has 2 atom stereocenters. The fourth-order valence-corrected chi connectivity index (χ4v) is 4.36. The molecule has 0 unspecified atom stereocenters. The third-order valence-corrected chi connectivity index (χ3v) is 5.86. The number of hydrogen-bond donors (Lipinski definition) is 0. The quantitative estimate of drug-likeness (QED) is 0.835. The first-order chi connectivity index (χ1) is 12.6. The van der Waals surface area contributed by atoms with Gasteiger partial charge in [0.2, 0.25) is 0 Å². The van der Waals surface area contributed by atoms with Crippen molar-refractivity contribution in [3.8, 4) is 0 Å². The van der Waals surface area contributed by atoms with Gasteiger partial charge in [0, 0.05) is 50.0 Å². The highest BCUT2D eigenvalue weighted by Crippen LogP contribution is 2.34. The molecule has 5 heteroatoms. The molecule has 2 aromatic heterocycles. The van der Waals surface area contributed by atoms with Crippen LogP contribution in [-0.2, 0) is 0 Å². The zero-order chi connectivity index (χ0) is 18.1. The highest BCUT2D eigenvalue weighted by molar-refractivity contribution is 5.93. The van der Waals surface area contributed by atoms with Gasteiger partial charge in [-0.1, -0.05) is 6.07 Å². The molecule has 0 spiro atoms. The van der Waals surface area contributed by atoms with Gasteiger partial charge in [-0.05, 0) is 62.3 Å². The van der Waals surface area contributed by atoms with E-state index < -0.39 is 0 Å². The monoisotopic (exact) mass is 350 g/mol. The maximum Gasteiger partial charge on any atom is 0.272 e. The Morgan fingerprint density at radius 3 is 2.42 bits per heavy atom. The molecule has 1 amide bonds. The Bertz CT molecular complexity index is 790. The molecule has 2 aliphatic heterocycles. The van der Waals surface area contributed by atoms with Crippen LogP contribution in [0.1, 0.15) is 34.6 Å². The van der Waals surface area contributed by atoms with Gasteiger partial charge in [0.05, 0.1) is 0 Å². The number of rotatable bonds is 2. The zero-order valence-corrected chi connectivity index (χ0v) is 15.6. The fourth-order valence-electron chi connectivity index (χ4n) is 4.36. The Labute approximate surface area is 155 Å². The van der Waals surface area contributed by atoms with E-state index in [0.717, 1.165) is 50.3 Å². The van der Waals surface area contributed by atoms with Crippen LogP contribution in [0.5, 0.6) is 0 Å². The lowest BCUT2D eigenvalue weighted by Crippen LogP contribution is -2.32. The van der Waals surface area contributed by atoms with Gasteiger partial charge in [0.15, 0.2) is 0 Å². The second-order valence-electron chi connectivity index (χ2n) is 7.62. The summed E-state index contributed by atoms with van der Waals surface area (Å²) < 4.78 is 0. The van der Waals surface area contributed by atoms with Crippen LogP contribution in [0.2, 0.25) is 0 Å². The van der Waals surface area contributed by atoms with E-state index in [9.17, 15) is 4.79 Å². The number of amides is 1. The van der Waals surface area contributed by atoms with Crippen LogP contribution in [0.3, 0.4) is 0 Å². The van der Waals surface area contributed by atoms with E-state index in [1.54, 1.807) is 6.20 Å². The minimum absolute atomic E-state index is 0.0952. The maximum absolute atomic E-state index is 12.9. The number of hydrogen-bond acceptors (Lipinski definition) is 4. The summed E-state index contributed by atoms with van der Waals surface area (Å²) in [6.07, 6.45) is 5.88. The average Bonchev–Trinajstić information content (AvgIpc) is 2.95. The van der Waals surface area contributed by atoms with Crippen LogP contribution < -0.4 is 4.90 Å². The van der Waals surface area contributed by atoms with E-state index in [-0.39, 0.29) is 5.91 Å². The minimum Gasteiger partial charge on any atom is -0.371 e. The van der Waals surface area contributed by atoms with Crippen molar-refractivity contribution in [3.63, 3.8) is 0 Å². The molecular weight excluding hydrogens is 324 g/mol. The summed E-state index contributed by atoms with van der Waals surface area (Å²) in [5, 5.41) is 0. The summed E-state index contributed by atoms with van der Waals surface area (Å²) in [5.74, 6) is 1.28. The molecule has 136 valence electrons. The topological polar surface area (TPSA) is 49.3 Å². The first kappa shape index (κ1) is 17.0. The van der Waals surface area contributed by atoms with Crippen molar-refractivity contribution in [1.82, 2.24) is 14.9 Å². The number of nitrogens with zero attached hydrogens (tertiary/aromatic N) is 4. The van der Waals surface area contributed by atoms with E-state index >= 15 is 0 Å². The molecule has 0 N–H and O–H groups in total. The third kappa shape index (κ3) is 3.30. The van der Waals surface area contributed by atoms with Crippen molar-refractivity contribution in [2.75, 3.05) is 31.1 Å². The molecule has 26 heavy (non-hydrogen) atoms. The second kappa shape index (κ2) is 7.06. The molecule has 4 heterocycles. The van der Waals surface area contributed by atoms with Crippen LogP contribution in [0.25, 0.3) is 0 Å². The van der Waals surface area contributed by atoms with Crippen molar-refractivity contribution in [3.05, 3.63) is 53.6 Å². The molecule has 0 aromatic carbocycles. The first-order valence-electron chi connectivity index (χ1n) is 9.50. The number of carbonyl (C=O) groups is 1. The van der Waals surface area contributed by atoms with E-state index in [0.29, 0.717) is 17.5 Å². The third-order valence-electron chi connectivity index (χ3n) is 5.86. The molecule has 2 aliphatic rings. The largest absolute Gasteiger partial charge is 0.371 e. The van der Waals surface area contributed by atoms with Gasteiger partial charge >= 0.3 is 0 Å². The molecule has 2 aromatic rings. The van der Waals surface area contributed by atoms with Crippen molar-refractivity contribution in [2.24, 2.45) is 11.8 Å². The molecule has 0 aliphatic carbocycles. The summed E-state index contributed by atoms with van der Waals surface area (Å²) in [4.78, 5) is 26.0. The maximum atomic E-state index is 12.9. The van der Waals surface area contributed by atoms with Gasteiger partial charge in [-0.3, -0.25) is 14.8 Å². The summed E-state index contributed by atoms with van der Waals surface area (Å²) in [7, 11) is 0. The van der Waals surface area contributed by atoms with E-state index in [1.165, 1.54) is 5.69 Å². The van der Waals surface area contributed by atoms with Gasteiger partial charge < -0.3 is 9.80 Å². The van der Waals surface area contributed by atoms with Crippen LogP contribution in [0.15, 0.2) is 36.7 Å². The number of anilines is 1. The number of carbonyl (C=O) groups excluding carboxylic acids is 1. The molecule has 0 bridgehead atoms. The Hall–Kier alpha value is -2.43. The molecular formula is C21H26N4O. The van der Waals surface area contributed by atoms with Gasteiger partial charge in [0.25, 0.3) is 5.91 Å². The normalized spacial score (nSPS) is 22.8. The Kier molecular flexibility index (Phi) is 4.62. The van der Waals surface area contributed by atoms with Crippen LogP contribution >= 0.6 is 0 Å². The molecule has 2 saturated heterocycles. The van der Waals surface area contributed by atoms with Crippen LogP contribution in [0.4, 0.5) is 5.69 Å². The Morgan fingerprint density at radius 2 is 1.77 bits per heavy atom. The van der Waals surface area contributed by atoms with Crippen molar-refractivity contribution >= 4 is 11.6 Å². The lowest BCUT2D eigenvalue weighted by molar-refractivity contribution is 0.0776. The lowest BCUT2D eigenvalue weighted by atomic mass is 9.92. The second-order valence-corrected chi connectivity index (χ2v) is 7.62. The summed E-state index contributed by atoms with van der Waals surface area (Å²) in [6.45, 7) is 7.83. The fraction of sp³-hybridized carbons (Fsp3) is 0.476. The van der Waals surface area contributed by atoms with Gasteiger partial charge in [-0.2, -0.15) is 0 Å². The van der Waals surface area contributed by atoms with Crippen LogP contribution in [0, 0.1) is 25.7 Å². The van der Waals surface area contributed by atoms with Crippen molar-refractivity contribution < 1.29 is 4.79 Å². The summed E-state index contributed by atoms with van der Waals surface area (Å²) in [6, 6.07) is 8.12. The van der Waals surface area contributed by atoms with Crippen LogP contribution in [-0.4, -0.2) is 47.0 Å². The number of fused-ring (bicyclic) bond motifs is 1. The Morgan fingerprint density at radius 1 is 1.04 bits per heavy atom. The van der Waals surface area contributed by atoms with Gasteiger partial charge in [0.1, 0.15) is 5.69 Å². The SMILES string of the molecule is Cc1cc(N2CC[C@@H]3CN(C(=O)c4ncccc4C)C[C@@H]3CC2)ccn1. The standard InChI is InChI=1S/C21H26N4O/c1-15-4-3-8-23-20(15)21(26)25-13-17-6-10-24(11-7-18(17)14-25)19-5-9-22-16(2)12-19/h3-5,8-9,12,17-18H,6-7,10-11,13-14H2,1-2H3/t17-,18+. The smallest absolute Gasteiger partial charge is 0.272 e. The number of pyridine rings is 2. The molecule has 0 radical (unpaired) electrons. The number of aromatic nitrogens is 2. The molecule has 4 rings (SSSR count). The van der Waals surface area contributed by atoms with E-state index in [4.69, 9.17) is 0 Å². The average molecular weight is 350 g/mol. The predicted molar refractivity (Wildman–Crippen MR) is 102 cm³/mol. The molecule has 0 saturated carbocycles. The highest BCUT2D eigenvalue weighted by atomic mass is 16.2. The van der Waals surface area contributed by atoms with Crippen molar-refractivity contribution in [1.29, 1.82) is 0 Å². The lowest BCUT2D eigenvalue weighted by Gasteiger charge is -2.24. The number of aryl methyl sites for hydroxylation is 2. The highest BCUT2D eigenvalue weighted by Gasteiger charge is 2.37. The first-order valence-corrected chi connectivity index (χ1v) is 9.50. The predicted octanol–water partition coefficient (Wildman–Crippen LogP) is 3.08. The summed E-state index contributed by atoms with van der Waals surface area (Å²) >= 11 is 0. The molecule has 2 fully saturated rings. The van der Waals surface area contributed by atoms with Gasteiger partial charge in [-0.25, -0.2) is 0 Å². The van der Waals surface area contributed by atoms with E-state index in [2.05, 4.69) is 27.0 Å². The Balaban J connectivity index is 1.42. The molecule has 5 nitrogen and oxygen atoms in total. The van der Waals surface area contributed by atoms with Crippen molar-refractivity contribution in [2.45, 2.75) is 26.7 Å². The zero-order valence-electron chi connectivity index (χ0n) is 15.6. The number of likely N-dealkylation sites (tertiary alicyclic amines) is 1. The van der Waals surface area contributed by atoms with E-state index in [1.807, 2.05) is 37.1 Å². The minimum atomic E-state index is 0.0952. The van der Waals surface area contributed by atoms with Gasteiger partial charge in [-0.15, -0.1) is 0 Å². The summed E-state index contributed by atoms with van der Waals surface area (Å²) in [5.41, 5.74) is 3.91.